The normalized spacial score (nSPS) is 15.8. The van der Waals surface area contributed by atoms with E-state index in [1.807, 2.05) is 91.9 Å². The van der Waals surface area contributed by atoms with E-state index in [4.69, 9.17) is 9.47 Å². The predicted octanol–water partition coefficient (Wildman–Crippen LogP) is 5.88. The molecule has 7 heteroatoms. The molecule has 190 valence electrons. The molecule has 0 saturated heterocycles. The summed E-state index contributed by atoms with van der Waals surface area (Å²) in [5.41, 5.74) is 4.03. The lowest BCUT2D eigenvalue weighted by Gasteiger charge is -2.26. The Kier molecular flexibility index (Phi) is 6.52. The van der Waals surface area contributed by atoms with E-state index in [0.717, 1.165) is 26.6 Å². The van der Waals surface area contributed by atoms with Crippen LogP contribution in [0.25, 0.3) is 0 Å². The van der Waals surface area contributed by atoms with E-state index in [0.29, 0.717) is 42.3 Å². The molecule has 0 radical (unpaired) electrons. The van der Waals surface area contributed by atoms with Crippen molar-refractivity contribution in [2.45, 2.75) is 29.4 Å². The van der Waals surface area contributed by atoms with Crippen LogP contribution in [0.15, 0.2) is 101 Å². The van der Waals surface area contributed by atoms with Crippen LogP contribution in [0.5, 0.6) is 11.5 Å². The largest absolute Gasteiger partial charge is 0.486 e. The van der Waals surface area contributed by atoms with Crippen molar-refractivity contribution in [2.75, 3.05) is 18.1 Å². The third-order valence-electron chi connectivity index (χ3n) is 6.61. The summed E-state index contributed by atoms with van der Waals surface area (Å²) in [7, 11) is 0. The first-order chi connectivity index (χ1) is 18.5. The van der Waals surface area contributed by atoms with Crippen molar-refractivity contribution in [1.82, 2.24) is 5.32 Å². The summed E-state index contributed by atoms with van der Waals surface area (Å²) in [6, 6.07) is 28.8. The molecule has 0 bridgehead atoms. The van der Waals surface area contributed by atoms with Crippen molar-refractivity contribution >= 4 is 29.3 Å². The quantitative estimate of drug-likeness (QED) is 0.355. The van der Waals surface area contributed by atoms with E-state index >= 15 is 0 Å². The highest BCUT2D eigenvalue weighted by Crippen LogP contribution is 2.42. The molecule has 6 rings (SSSR count). The molecule has 1 N–H and O–H groups in total. The van der Waals surface area contributed by atoms with E-state index in [-0.39, 0.29) is 17.9 Å². The van der Waals surface area contributed by atoms with Gasteiger partial charge < -0.3 is 19.7 Å². The summed E-state index contributed by atoms with van der Waals surface area (Å²) in [6.45, 7) is 3.10. The van der Waals surface area contributed by atoms with Gasteiger partial charge in [0.1, 0.15) is 12.7 Å². The molecule has 0 unspecified atom stereocenters. The second-order valence-corrected chi connectivity index (χ2v) is 10.4. The van der Waals surface area contributed by atoms with E-state index in [1.165, 1.54) is 0 Å². The molecule has 0 fully saturated rings. The van der Waals surface area contributed by atoms with E-state index < -0.39 is 0 Å². The topological polar surface area (TPSA) is 67.9 Å². The Morgan fingerprint density at radius 1 is 0.947 bits per heavy atom. The summed E-state index contributed by atoms with van der Waals surface area (Å²) in [6.07, 6.45) is -0.292. The number of benzene rings is 4. The smallest absolute Gasteiger partial charge is 0.259 e. The van der Waals surface area contributed by atoms with Crippen LogP contribution in [0.4, 0.5) is 5.69 Å². The maximum atomic E-state index is 13.8. The van der Waals surface area contributed by atoms with Gasteiger partial charge in [0, 0.05) is 15.4 Å². The third kappa shape index (κ3) is 4.85. The van der Waals surface area contributed by atoms with Gasteiger partial charge in [0.25, 0.3) is 11.8 Å². The van der Waals surface area contributed by atoms with Crippen LogP contribution in [0.1, 0.15) is 31.8 Å². The zero-order valence-electron chi connectivity index (χ0n) is 20.8. The molecule has 0 spiro atoms. The molecular weight excluding hydrogens is 496 g/mol. The van der Waals surface area contributed by atoms with Gasteiger partial charge in [-0.3, -0.25) is 9.59 Å². The van der Waals surface area contributed by atoms with Crippen LogP contribution in [0, 0.1) is 6.92 Å². The average Bonchev–Trinajstić information content (AvgIpc) is 3.06. The van der Waals surface area contributed by atoms with Crippen molar-refractivity contribution in [1.29, 1.82) is 0 Å². The van der Waals surface area contributed by atoms with Gasteiger partial charge in [-0.1, -0.05) is 65.9 Å². The van der Waals surface area contributed by atoms with E-state index in [2.05, 4.69) is 5.32 Å². The Morgan fingerprint density at radius 3 is 2.55 bits per heavy atom. The van der Waals surface area contributed by atoms with E-state index in [1.54, 1.807) is 22.7 Å². The Morgan fingerprint density at radius 2 is 1.71 bits per heavy atom. The van der Waals surface area contributed by atoms with Crippen LogP contribution in [0.3, 0.4) is 0 Å². The number of hydrogen-bond acceptors (Lipinski definition) is 5. The fourth-order valence-corrected chi connectivity index (χ4v) is 5.63. The Labute approximate surface area is 225 Å². The Bertz CT molecular complexity index is 1520. The van der Waals surface area contributed by atoms with Gasteiger partial charge >= 0.3 is 0 Å². The van der Waals surface area contributed by atoms with Crippen molar-refractivity contribution < 1.29 is 19.1 Å². The number of para-hydroxylation sites is 2. The van der Waals surface area contributed by atoms with Crippen LogP contribution < -0.4 is 19.7 Å². The van der Waals surface area contributed by atoms with Crippen LogP contribution in [-0.2, 0) is 6.54 Å². The molecular formula is C31H26N2O4S. The maximum Gasteiger partial charge on any atom is 0.259 e. The van der Waals surface area contributed by atoms with Gasteiger partial charge in [0.2, 0.25) is 0 Å². The number of ether oxygens (including phenoxy) is 2. The number of amides is 2. The van der Waals surface area contributed by atoms with Crippen molar-refractivity contribution in [3.05, 3.63) is 113 Å². The number of fused-ring (bicyclic) bond motifs is 3. The number of anilines is 1. The van der Waals surface area contributed by atoms with Crippen LogP contribution in [-0.4, -0.2) is 31.1 Å². The lowest BCUT2D eigenvalue weighted by Crippen LogP contribution is -2.40. The lowest BCUT2D eigenvalue weighted by atomic mass is 10.1. The highest BCUT2D eigenvalue weighted by Gasteiger charge is 2.28. The first kappa shape index (κ1) is 24.1. The number of carbonyl (C=O) groups excluding carboxylic acids is 2. The highest BCUT2D eigenvalue weighted by molar-refractivity contribution is 7.99. The minimum absolute atomic E-state index is 0.0867. The lowest BCUT2D eigenvalue weighted by molar-refractivity contribution is 0.0789. The number of hydrogen-bond donors (Lipinski definition) is 1. The molecule has 4 aromatic carbocycles. The van der Waals surface area contributed by atoms with Gasteiger partial charge in [0.15, 0.2) is 11.5 Å². The van der Waals surface area contributed by atoms with Crippen molar-refractivity contribution in [3.8, 4) is 11.5 Å². The minimum atomic E-state index is -0.292. The third-order valence-corrected chi connectivity index (χ3v) is 7.75. The Hall–Kier alpha value is -4.23. The fourth-order valence-electron chi connectivity index (χ4n) is 4.57. The maximum absolute atomic E-state index is 13.8. The van der Waals surface area contributed by atoms with Gasteiger partial charge in [-0.15, -0.1) is 0 Å². The van der Waals surface area contributed by atoms with Gasteiger partial charge in [-0.25, -0.2) is 0 Å². The molecule has 4 aromatic rings. The predicted molar refractivity (Wildman–Crippen MR) is 147 cm³/mol. The molecule has 2 aliphatic heterocycles. The summed E-state index contributed by atoms with van der Waals surface area (Å²) in [5.74, 6) is 1.06. The molecule has 6 nitrogen and oxygen atoms in total. The minimum Gasteiger partial charge on any atom is -0.486 e. The number of nitrogens with one attached hydrogen (secondary N) is 1. The first-order valence-corrected chi connectivity index (χ1v) is 13.3. The average molecular weight is 523 g/mol. The molecule has 0 aliphatic carbocycles. The fraction of sp³-hybridized carbons (Fsp3) is 0.161. The number of rotatable bonds is 5. The first-order valence-electron chi connectivity index (χ1n) is 12.5. The van der Waals surface area contributed by atoms with Crippen LogP contribution >= 0.6 is 11.8 Å². The SMILES string of the molecule is Cc1ccc(CN2C(=O)c3ccccc3Sc3ccc(C(=O)NC[C@H]4COc5ccccc5O4)cc32)cc1. The highest BCUT2D eigenvalue weighted by atomic mass is 32.2. The van der Waals surface area contributed by atoms with Gasteiger partial charge in [0.05, 0.1) is 24.3 Å². The number of aryl methyl sites for hydroxylation is 1. The van der Waals surface area contributed by atoms with Gasteiger partial charge in [-0.05, 0) is 55.0 Å². The molecule has 0 aromatic heterocycles. The number of nitrogens with zero attached hydrogens (tertiary/aromatic N) is 1. The van der Waals surface area contributed by atoms with Crippen molar-refractivity contribution in [2.24, 2.45) is 0 Å². The molecule has 38 heavy (non-hydrogen) atoms. The van der Waals surface area contributed by atoms with Gasteiger partial charge in [-0.2, -0.15) is 0 Å². The molecule has 2 heterocycles. The summed E-state index contributed by atoms with van der Waals surface area (Å²) in [4.78, 5) is 30.5. The monoisotopic (exact) mass is 522 g/mol. The molecule has 2 amide bonds. The van der Waals surface area contributed by atoms with Crippen molar-refractivity contribution in [3.63, 3.8) is 0 Å². The summed E-state index contributed by atoms with van der Waals surface area (Å²) in [5, 5.41) is 2.97. The summed E-state index contributed by atoms with van der Waals surface area (Å²) >= 11 is 1.54. The standard InChI is InChI=1S/C31H26N2O4S/c1-20-10-12-21(13-11-20)18-33-25-16-22(14-15-29(25)38-28-9-5-2-6-24(28)31(33)35)30(34)32-17-23-19-36-26-7-3-4-8-27(26)37-23/h2-16,23H,17-19H2,1H3,(H,32,34)/t23-/m0/s1. The Balaban J connectivity index is 1.26. The number of carbonyl (C=O) groups is 2. The van der Waals surface area contributed by atoms with E-state index in [9.17, 15) is 9.59 Å². The zero-order chi connectivity index (χ0) is 26.1. The summed E-state index contributed by atoms with van der Waals surface area (Å²) < 4.78 is 11.7. The second-order valence-electron chi connectivity index (χ2n) is 9.37. The van der Waals surface area contributed by atoms with Crippen LogP contribution in [0.2, 0.25) is 0 Å². The molecule has 1 atom stereocenters. The molecule has 0 saturated carbocycles. The second kappa shape index (κ2) is 10.3. The zero-order valence-corrected chi connectivity index (χ0v) is 21.7. The molecule has 2 aliphatic rings.